The van der Waals surface area contributed by atoms with E-state index in [9.17, 15) is 17.2 Å². The average molecular weight is 415 g/mol. The number of hydrogen-bond donors (Lipinski definition) is 0. The standard InChI is InChI=1S/C19H23F2NO5S/c20-19(21)27-16-3-1-15-12-17(4-2-14(15)11-16)28(23,24)22-7-5-13(6-8-22)18-25-9-10-26-18/h1,3,11-13,18-19H,2,4-10H2. The molecule has 4 rings (SSSR count). The lowest BCUT2D eigenvalue weighted by atomic mass is 9.97. The second-order valence-corrected chi connectivity index (χ2v) is 9.19. The molecule has 3 aliphatic rings. The summed E-state index contributed by atoms with van der Waals surface area (Å²) in [6, 6.07) is 4.61. The zero-order chi connectivity index (χ0) is 19.7. The fourth-order valence-electron chi connectivity index (χ4n) is 4.03. The van der Waals surface area contributed by atoms with Gasteiger partial charge in [0.1, 0.15) is 5.75 Å². The van der Waals surface area contributed by atoms with Crippen LogP contribution in [0.3, 0.4) is 0 Å². The van der Waals surface area contributed by atoms with Gasteiger partial charge in [-0.3, -0.25) is 0 Å². The number of alkyl halides is 2. The third kappa shape index (κ3) is 4.07. The van der Waals surface area contributed by atoms with E-state index < -0.39 is 16.6 Å². The number of piperidine rings is 1. The van der Waals surface area contributed by atoms with Crippen molar-refractivity contribution in [1.82, 2.24) is 4.31 Å². The topological polar surface area (TPSA) is 65.1 Å². The maximum atomic E-state index is 13.1. The Morgan fingerprint density at radius 1 is 1.11 bits per heavy atom. The van der Waals surface area contributed by atoms with Gasteiger partial charge in [-0.05, 0) is 55.0 Å². The summed E-state index contributed by atoms with van der Waals surface area (Å²) >= 11 is 0. The van der Waals surface area contributed by atoms with Crippen molar-refractivity contribution < 1.29 is 31.4 Å². The third-order valence-corrected chi connectivity index (χ3v) is 7.53. The highest BCUT2D eigenvalue weighted by Crippen LogP contribution is 2.34. The van der Waals surface area contributed by atoms with Gasteiger partial charge in [0.25, 0.3) is 0 Å². The Balaban J connectivity index is 1.45. The van der Waals surface area contributed by atoms with Gasteiger partial charge in [-0.1, -0.05) is 6.07 Å². The quantitative estimate of drug-likeness (QED) is 0.740. The molecule has 1 aliphatic carbocycles. The Morgan fingerprint density at radius 2 is 1.82 bits per heavy atom. The number of nitrogens with zero attached hydrogens (tertiary/aromatic N) is 1. The van der Waals surface area contributed by atoms with Crippen molar-refractivity contribution in [1.29, 1.82) is 0 Å². The van der Waals surface area contributed by atoms with E-state index >= 15 is 0 Å². The Bertz CT molecular complexity index is 844. The van der Waals surface area contributed by atoms with Crippen LogP contribution in [0.2, 0.25) is 0 Å². The number of aryl methyl sites for hydroxylation is 1. The van der Waals surface area contributed by atoms with Crippen molar-refractivity contribution in [3.63, 3.8) is 0 Å². The van der Waals surface area contributed by atoms with Crippen molar-refractivity contribution in [2.45, 2.75) is 38.6 Å². The molecule has 0 amide bonds. The average Bonchev–Trinajstić information content (AvgIpc) is 3.22. The monoisotopic (exact) mass is 415 g/mol. The van der Waals surface area contributed by atoms with E-state index in [0.29, 0.717) is 56.9 Å². The van der Waals surface area contributed by atoms with Crippen LogP contribution in [0.25, 0.3) is 6.08 Å². The molecule has 2 saturated heterocycles. The summed E-state index contributed by atoms with van der Waals surface area (Å²) < 4.78 is 67.9. The zero-order valence-electron chi connectivity index (χ0n) is 15.4. The van der Waals surface area contributed by atoms with Crippen LogP contribution in [0, 0.1) is 5.92 Å². The van der Waals surface area contributed by atoms with E-state index in [0.717, 1.165) is 11.1 Å². The summed E-state index contributed by atoms with van der Waals surface area (Å²) in [4.78, 5) is 0.370. The second kappa shape index (κ2) is 8.06. The van der Waals surface area contributed by atoms with Crippen LogP contribution in [0.15, 0.2) is 23.1 Å². The smallest absolute Gasteiger partial charge is 0.387 e. The highest BCUT2D eigenvalue weighted by molar-refractivity contribution is 7.93. The number of halogens is 2. The molecule has 0 spiro atoms. The van der Waals surface area contributed by atoms with Crippen LogP contribution in [-0.4, -0.2) is 51.9 Å². The molecule has 0 N–H and O–H groups in total. The maximum Gasteiger partial charge on any atom is 0.387 e. The van der Waals surface area contributed by atoms with Crippen LogP contribution < -0.4 is 4.74 Å². The van der Waals surface area contributed by atoms with E-state index in [1.165, 1.54) is 10.4 Å². The fraction of sp³-hybridized carbons (Fsp3) is 0.579. The van der Waals surface area contributed by atoms with E-state index in [-0.39, 0.29) is 18.0 Å². The van der Waals surface area contributed by atoms with Crippen molar-refractivity contribution in [3.8, 4) is 5.75 Å². The second-order valence-electron chi connectivity index (χ2n) is 7.20. The normalized spacial score (nSPS) is 22.3. The molecule has 0 bridgehead atoms. The molecule has 2 fully saturated rings. The molecule has 6 nitrogen and oxygen atoms in total. The number of benzene rings is 1. The van der Waals surface area contributed by atoms with Gasteiger partial charge in [-0.15, -0.1) is 0 Å². The molecule has 0 aromatic heterocycles. The Morgan fingerprint density at radius 3 is 2.50 bits per heavy atom. The summed E-state index contributed by atoms with van der Waals surface area (Å²) in [6.45, 7) is -0.793. The van der Waals surface area contributed by atoms with Crippen molar-refractivity contribution in [2.75, 3.05) is 26.3 Å². The minimum Gasteiger partial charge on any atom is -0.435 e. The van der Waals surface area contributed by atoms with Crippen LogP contribution in [0.4, 0.5) is 8.78 Å². The van der Waals surface area contributed by atoms with Crippen LogP contribution in [-0.2, 0) is 25.9 Å². The molecule has 0 atom stereocenters. The lowest BCUT2D eigenvalue weighted by Crippen LogP contribution is -2.42. The third-order valence-electron chi connectivity index (χ3n) is 5.50. The summed E-state index contributed by atoms with van der Waals surface area (Å²) in [5, 5.41) is 0. The summed E-state index contributed by atoms with van der Waals surface area (Å²) in [5.74, 6) is 0.315. The summed E-state index contributed by atoms with van der Waals surface area (Å²) in [5.41, 5.74) is 1.54. The SMILES string of the molecule is O=S(=O)(C1=Cc2ccc(OC(F)F)cc2CC1)N1CCC(C2OCCO2)CC1. The van der Waals surface area contributed by atoms with Gasteiger partial charge in [0.05, 0.1) is 18.1 Å². The number of allylic oxidation sites excluding steroid dienone is 1. The molecule has 0 saturated carbocycles. The lowest BCUT2D eigenvalue weighted by molar-refractivity contribution is -0.0937. The van der Waals surface area contributed by atoms with Crippen molar-refractivity contribution in [2.24, 2.45) is 5.92 Å². The van der Waals surface area contributed by atoms with Crippen molar-refractivity contribution in [3.05, 3.63) is 34.2 Å². The van der Waals surface area contributed by atoms with Gasteiger partial charge in [-0.25, -0.2) is 8.42 Å². The first-order valence-corrected chi connectivity index (χ1v) is 10.9. The predicted molar refractivity (Wildman–Crippen MR) is 98.3 cm³/mol. The molecule has 1 aromatic carbocycles. The van der Waals surface area contributed by atoms with Crippen LogP contribution >= 0.6 is 0 Å². The molecule has 0 unspecified atom stereocenters. The molecular formula is C19H23F2NO5S. The van der Waals surface area contributed by atoms with E-state index in [1.54, 1.807) is 18.2 Å². The molecule has 1 aromatic rings. The molecule has 2 aliphatic heterocycles. The number of fused-ring (bicyclic) bond motifs is 1. The maximum absolute atomic E-state index is 13.1. The van der Waals surface area contributed by atoms with E-state index in [4.69, 9.17) is 9.47 Å². The molecule has 9 heteroatoms. The minimum absolute atomic E-state index is 0.0897. The number of sulfonamides is 1. The van der Waals surface area contributed by atoms with Crippen molar-refractivity contribution >= 4 is 16.1 Å². The van der Waals surface area contributed by atoms with Gasteiger partial charge in [-0.2, -0.15) is 13.1 Å². The first kappa shape index (κ1) is 19.8. The number of hydrogen-bond acceptors (Lipinski definition) is 5. The lowest BCUT2D eigenvalue weighted by Gasteiger charge is -2.34. The highest BCUT2D eigenvalue weighted by atomic mass is 32.2. The van der Waals surface area contributed by atoms with E-state index in [2.05, 4.69) is 4.74 Å². The largest absolute Gasteiger partial charge is 0.435 e. The van der Waals surface area contributed by atoms with Gasteiger partial charge in [0.2, 0.25) is 10.0 Å². The van der Waals surface area contributed by atoms with Gasteiger partial charge in [0, 0.05) is 19.0 Å². The zero-order valence-corrected chi connectivity index (χ0v) is 16.2. The molecular weight excluding hydrogens is 392 g/mol. The fourth-order valence-corrected chi connectivity index (χ4v) is 5.68. The first-order valence-electron chi connectivity index (χ1n) is 9.45. The highest BCUT2D eigenvalue weighted by Gasteiger charge is 2.36. The first-order chi connectivity index (χ1) is 13.4. The minimum atomic E-state index is -3.54. The van der Waals surface area contributed by atoms with Gasteiger partial charge in [0.15, 0.2) is 6.29 Å². The number of rotatable bonds is 5. The molecule has 0 radical (unpaired) electrons. The van der Waals surface area contributed by atoms with Crippen LogP contribution in [0.5, 0.6) is 5.75 Å². The Kier molecular flexibility index (Phi) is 5.69. The van der Waals surface area contributed by atoms with E-state index in [1.807, 2.05) is 0 Å². The van der Waals surface area contributed by atoms with Gasteiger partial charge < -0.3 is 14.2 Å². The number of ether oxygens (including phenoxy) is 3. The van der Waals surface area contributed by atoms with Crippen LogP contribution in [0.1, 0.15) is 30.4 Å². The molecule has 28 heavy (non-hydrogen) atoms. The molecule has 154 valence electrons. The Hall–Kier alpha value is -1.55. The summed E-state index contributed by atoms with van der Waals surface area (Å²) in [7, 11) is -3.54. The summed E-state index contributed by atoms with van der Waals surface area (Å²) in [6.07, 6.45) is 3.68. The molecule has 2 heterocycles. The Labute approximate surface area is 163 Å². The predicted octanol–water partition coefficient (Wildman–Crippen LogP) is 2.99. The van der Waals surface area contributed by atoms with Gasteiger partial charge >= 0.3 is 6.61 Å².